The molecule has 0 N–H and O–H groups in total. The maximum Gasteiger partial charge on any atom is 0.273 e. The van der Waals surface area contributed by atoms with Crippen molar-refractivity contribution in [3.63, 3.8) is 0 Å². The number of methoxy groups -OCH3 is 2. The normalized spacial score (nSPS) is 11.3. The van der Waals surface area contributed by atoms with E-state index in [-0.39, 0.29) is 6.54 Å². The molecule has 0 fully saturated rings. The van der Waals surface area contributed by atoms with Gasteiger partial charge >= 0.3 is 0 Å². The lowest BCUT2D eigenvalue weighted by atomic mass is 10.00. The fraction of sp³-hybridized carbons (Fsp3) is 0.368. The number of hydrogen-bond donors (Lipinski definition) is 0. The van der Waals surface area contributed by atoms with Gasteiger partial charge in [0, 0.05) is 37.9 Å². The van der Waals surface area contributed by atoms with Gasteiger partial charge in [0.25, 0.3) is 5.92 Å². The first-order valence-electron chi connectivity index (χ1n) is 8.19. The van der Waals surface area contributed by atoms with Crippen molar-refractivity contribution in [1.29, 1.82) is 0 Å². The van der Waals surface area contributed by atoms with Gasteiger partial charge < -0.3 is 14.4 Å². The van der Waals surface area contributed by atoms with Gasteiger partial charge in [-0.1, -0.05) is 6.07 Å². The molecule has 0 saturated heterocycles. The van der Waals surface area contributed by atoms with Crippen LogP contribution in [-0.4, -0.2) is 43.7 Å². The lowest BCUT2D eigenvalue weighted by Crippen LogP contribution is -2.25. The van der Waals surface area contributed by atoms with Crippen LogP contribution in [0.25, 0.3) is 11.1 Å². The molecule has 0 spiro atoms. The summed E-state index contributed by atoms with van der Waals surface area (Å²) in [5.41, 5.74) is 0.798. The smallest absolute Gasteiger partial charge is 0.273 e. The van der Waals surface area contributed by atoms with Gasteiger partial charge in [0.2, 0.25) is 12.3 Å². The van der Waals surface area contributed by atoms with E-state index in [1.165, 1.54) is 31.4 Å². The molecule has 146 valence electrons. The zero-order chi connectivity index (χ0) is 20.0. The average molecular weight is 382 g/mol. The van der Waals surface area contributed by atoms with Crippen LogP contribution in [0.1, 0.15) is 18.1 Å². The summed E-state index contributed by atoms with van der Waals surface area (Å²) in [4.78, 5) is 16.9. The Kier molecular flexibility index (Phi) is 6.79. The van der Waals surface area contributed by atoms with Gasteiger partial charge in [-0.15, -0.1) is 0 Å². The van der Waals surface area contributed by atoms with E-state index in [9.17, 15) is 18.0 Å². The molecular formula is C19H21F3N2O3. The summed E-state index contributed by atoms with van der Waals surface area (Å²) < 4.78 is 51.1. The van der Waals surface area contributed by atoms with Crippen LogP contribution >= 0.6 is 0 Å². The number of amides is 1. The molecule has 27 heavy (non-hydrogen) atoms. The lowest BCUT2D eigenvalue weighted by Gasteiger charge is -2.19. The molecule has 0 atom stereocenters. The van der Waals surface area contributed by atoms with Crippen molar-refractivity contribution in [2.75, 3.05) is 27.4 Å². The number of halogens is 3. The van der Waals surface area contributed by atoms with Crippen molar-refractivity contribution in [1.82, 2.24) is 9.88 Å². The van der Waals surface area contributed by atoms with Crippen LogP contribution in [0, 0.1) is 5.82 Å². The Balaban J connectivity index is 2.41. The average Bonchev–Trinajstić information content (AvgIpc) is 2.64. The summed E-state index contributed by atoms with van der Waals surface area (Å²) in [5, 5.41) is 0. The van der Waals surface area contributed by atoms with E-state index in [0.29, 0.717) is 49.1 Å². The number of rotatable bonds is 9. The summed E-state index contributed by atoms with van der Waals surface area (Å²) in [5.74, 6) is -3.97. The molecule has 1 aromatic carbocycles. The molecule has 0 unspecified atom stereocenters. The van der Waals surface area contributed by atoms with Gasteiger partial charge in [-0.25, -0.2) is 18.2 Å². The third kappa shape index (κ3) is 5.19. The SMILES string of the molecule is COCCN(C=O)Cc1cc(-c2ccc(F)c(C(C)(F)F)c2)cnc1OC. The number of carbonyl (C=O) groups excluding carboxylic acids is 1. The zero-order valence-corrected chi connectivity index (χ0v) is 15.3. The van der Waals surface area contributed by atoms with Crippen molar-refractivity contribution in [2.45, 2.75) is 19.4 Å². The van der Waals surface area contributed by atoms with Gasteiger partial charge in [-0.3, -0.25) is 4.79 Å². The molecule has 5 nitrogen and oxygen atoms in total. The van der Waals surface area contributed by atoms with Crippen LogP contribution in [0.2, 0.25) is 0 Å². The molecule has 1 amide bonds. The van der Waals surface area contributed by atoms with E-state index in [4.69, 9.17) is 9.47 Å². The minimum atomic E-state index is -3.31. The van der Waals surface area contributed by atoms with Gasteiger partial charge in [-0.2, -0.15) is 0 Å². The van der Waals surface area contributed by atoms with E-state index in [1.54, 1.807) is 6.07 Å². The maximum atomic E-state index is 13.7. The summed E-state index contributed by atoms with van der Waals surface area (Å²) in [7, 11) is 2.97. The first kappa shape index (κ1) is 20.7. The molecule has 0 saturated carbocycles. The standard InChI is InChI=1S/C19H21F3N2O3/c1-19(21,22)16-9-13(4-5-17(16)20)14-8-15(18(27-3)23-10-14)11-24(12-25)6-7-26-2/h4-5,8-10,12H,6-7,11H2,1-3H3. The predicted octanol–water partition coefficient (Wildman–Crippen LogP) is 3.61. The molecule has 0 aliphatic rings. The summed E-state index contributed by atoms with van der Waals surface area (Å²) in [6.45, 7) is 1.58. The third-order valence-corrected chi connectivity index (χ3v) is 4.00. The number of pyridine rings is 1. The first-order valence-corrected chi connectivity index (χ1v) is 8.19. The molecule has 1 aromatic heterocycles. The predicted molar refractivity (Wildman–Crippen MR) is 94.1 cm³/mol. The molecule has 0 radical (unpaired) electrons. The molecule has 0 aliphatic carbocycles. The second kappa shape index (κ2) is 8.85. The topological polar surface area (TPSA) is 51.7 Å². The van der Waals surface area contributed by atoms with Crippen molar-refractivity contribution < 1.29 is 27.4 Å². The molecule has 2 rings (SSSR count). The lowest BCUT2D eigenvalue weighted by molar-refractivity contribution is -0.119. The Morgan fingerprint density at radius 2 is 1.96 bits per heavy atom. The van der Waals surface area contributed by atoms with E-state index in [0.717, 1.165) is 12.1 Å². The number of carbonyl (C=O) groups is 1. The Morgan fingerprint density at radius 1 is 1.22 bits per heavy atom. The number of benzene rings is 1. The second-order valence-electron chi connectivity index (χ2n) is 6.04. The molecular weight excluding hydrogens is 361 g/mol. The monoisotopic (exact) mass is 382 g/mol. The highest BCUT2D eigenvalue weighted by Gasteiger charge is 2.28. The molecule has 1 heterocycles. The fourth-order valence-electron chi connectivity index (χ4n) is 2.59. The minimum Gasteiger partial charge on any atom is -0.481 e. The fourth-order valence-corrected chi connectivity index (χ4v) is 2.59. The van der Waals surface area contributed by atoms with Gasteiger partial charge in [0.15, 0.2) is 0 Å². The number of aromatic nitrogens is 1. The van der Waals surface area contributed by atoms with E-state index in [1.807, 2.05) is 0 Å². The zero-order valence-electron chi connectivity index (χ0n) is 15.3. The second-order valence-corrected chi connectivity index (χ2v) is 6.04. The van der Waals surface area contributed by atoms with Crippen LogP contribution in [0.3, 0.4) is 0 Å². The third-order valence-electron chi connectivity index (χ3n) is 4.00. The largest absolute Gasteiger partial charge is 0.481 e. The molecule has 2 aromatic rings. The summed E-state index contributed by atoms with van der Waals surface area (Å²) in [6, 6.07) is 5.19. The minimum absolute atomic E-state index is 0.203. The van der Waals surface area contributed by atoms with Crippen LogP contribution in [0.5, 0.6) is 5.88 Å². The van der Waals surface area contributed by atoms with Crippen molar-refractivity contribution in [3.05, 3.63) is 47.4 Å². The van der Waals surface area contributed by atoms with Crippen molar-refractivity contribution in [2.24, 2.45) is 0 Å². The van der Waals surface area contributed by atoms with E-state index >= 15 is 0 Å². The number of hydrogen-bond acceptors (Lipinski definition) is 4. The van der Waals surface area contributed by atoms with Gasteiger partial charge in [0.1, 0.15) is 5.82 Å². The number of ether oxygens (including phenoxy) is 2. The highest BCUT2D eigenvalue weighted by Crippen LogP contribution is 2.33. The molecule has 0 bridgehead atoms. The van der Waals surface area contributed by atoms with Gasteiger partial charge in [-0.05, 0) is 23.8 Å². The Bertz CT molecular complexity index is 794. The van der Waals surface area contributed by atoms with Crippen LogP contribution < -0.4 is 4.74 Å². The number of nitrogens with zero attached hydrogens (tertiary/aromatic N) is 2. The highest BCUT2D eigenvalue weighted by molar-refractivity contribution is 5.65. The van der Waals surface area contributed by atoms with E-state index in [2.05, 4.69) is 4.98 Å². The molecule has 0 aliphatic heterocycles. The Labute approximate surface area is 155 Å². The van der Waals surface area contributed by atoms with Gasteiger partial charge in [0.05, 0.1) is 25.8 Å². The number of alkyl halides is 2. The quantitative estimate of drug-likeness (QED) is 0.622. The van der Waals surface area contributed by atoms with Crippen LogP contribution in [-0.2, 0) is 22.0 Å². The van der Waals surface area contributed by atoms with E-state index < -0.39 is 17.3 Å². The Morgan fingerprint density at radius 3 is 2.56 bits per heavy atom. The first-order chi connectivity index (χ1) is 12.8. The summed E-state index contributed by atoms with van der Waals surface area (Å²) in [6.07, 6.45) is 2.13. The molecule has 8 heteroatoms. The van der Waals surface area contributed by atoms with Crippen molar-refractivity contribution in [3.8, 4) is 17.0 Å². The Hall–Kier alpha value is -2.61. The highest BCUT2D eigenvalue weighted by atomic mass is 19.3. The van der Waals surface area contributed by atoms with Crippen molar-refractivity contribution >= 4 is 6.41 Å². The summed E-state index contributed by atoms with van der Waals surface area (Å²) >= 11 is 0. The van der Waals surface area contributed by atoms with Crippen LogP contribution in [0.15, 0.2) is 30.5 Å². The van der Waals surface area contributed by atoms with Crippen LogP contribution in [0.4, 0.5) is 13.2 Å². The maximum absolute atomic E-state index is 13.7.